The average Bonchev–Trinajstić information content (AvgIpc) is 2.90. The molecule has 11 nitrogen and oxygen atoms in total. The Morgan fingerprint density at radius 3 is 2.29 bits per heavy atom. The van der Waals surface area contributed by atoms with Gasteiger partial charge in [-0.1, -0.05) is 18.2 Å². The maximum atomic E-state index is 13.9. The van der Waals surface area contributed by atoms with Gasteiger partial charge in [-0.25, -0.2) is 0 Å². The molecule has 0 spiro atoms. The monoisotopic (exact) mass is 561 g/mol. The van der Waals surface area contributed by atoms with Crippen LogP contribution in [0.25, 0.3) is 11.1 Å². The molecule has 2 aromatic carbocycles. The first kappa shape index (κ1) is 28.3. The summed E-state index contributed by atoms with van der Waals surface area (Å²) in [6.07, 6.45) is 0.0829. The Hall–Kier alpha value is -4.22. The van der Waals surface area contributed by atoms with Crippen LogP contribution in [0.1, 0.15) is 32.7 Å². The number of nitrogens with zero attached hydrogens (tertiary/aromatic N) is 2. The lowest BCUT2D eigenvalue weighted by Gasteiger charge is -2.52. The van der Waals surface area contributed by atoms with Gasteiger partial charge in [0.15, 0.2) is 34.7 Å². The van der Waals surface area contributed by atoms with Gasteiger partial charge in [-0.3, -0.25) is 33.7 Å². The van der Waals surface area contributed by atoms with Crippen LogP contribution in [0.4, 0.5) is 0 Å². The van der Waals surface area contributed by atoms with E-state index in [2.05, 4.69) is 0 Å². The SMILES string of the molecule is CN(C)C(=O)c1cccc(-c2ccc(O)c3c2CC2CC4C(N(C)C)C(=O)C(C(N)=O)C(=O)C4(O)C(=O)C2C3=O)c1. The molecule has 0 aromatic heterocycles. The Morgan fingerprint density at radius 2 is 1.68 bits per heavy atom. The highest BCUT2D eigenvalue weighted by Gasteiger charge is 2.69. The lowest BCUT2D eigenvalue weighted by atomic mass is 9.52. The first-order chi connectivity index (χ1) is 19.2. The summed E-state index contributed by atoms with van der Waals surface area (Å²) >= 11 is 0. The van der Waals surface area contributed by atoms with Gasteiger partial charge in [0, 0.05) is 25.6 Å². The second-order valence-corrected chi connectivity index (χ2v) is 11.6. The summed E-state index contributed by atoms with van der Waals surface area (Å²) in [6, 6.07) is 8.61. The number of carbonyl (C=O) groups excluding carboxylic acids is 6. The number of carbonyl (C=O) groups is 6. The summed E-state index contributed by atoms with van der Waals surface area (Å²) in [7, 11) is 6.33. The number of phenolic OH excluding ortho intramolecular Hbond substituents is 1. The first-order valence-electron chi connectivity index (χ1n) is 13.2. The molecule has 214 valence electrons. The summed E-state index contributed by atoms with van der Waals surface area (Å²) in [6.45, 7) is 0. The van der Waals surface area contributed by atoms with E-state index in [1.165, 1.54) is 30.0 Å². The van der Waals surface area contributed by atoms with Gasteiger partial charge in [0.1, 0.15) is 5.75 Å². The van der Waals surface area contributed by atoms with E-state index in [1.54, 1.807) is 44.4 Å². The van der Waals surface area contributed by atoms with Crippen LogP contribution in [0.3, 0.4) is 0 Å². The fourth-order valence-corrected chi connectivity index (χ4v) is 6.95. The van der Waals surface area contributed by atoms with E-state index in [4.69, 9.17) is 5.73 Å². The maximum Gasteiger partial charge on any atom is 0.253 e. The topological polar surface area (TPSA) is 175 Å². The minimum Gasteiger partial charge on any atom is -0.507 e. The van der Waals surface area contributed by atoms with Crippen molar-refractivity contribution >= 4 is 34.9 Å². The average molecular weight is 562 g/mol. The number of Topliss-reactive ketones (excluding diaryl/α,β-unsaturated/α-hetero) is 4. The standard InChI is InChI=1S/C30H31N3O8/c1-32(2)23-18-12-15-11-17-16(13-6-5-7-14(10-13)29(40)33(3)4)8-9-19(34)21(17)24(35)20(15)26(37)30(18,41)27(38)22(25(23)36)28(31)39/h5-10,15,18,20,22-23,34,41H,11-12H2,1-4H3,(H2,31,39). The number of hydrogen-bond acceptors (Lipinski definition) is 9. The number of rotatable bonds is 4. The van der Waals surface area contributed by atoms with Crippen LogP contribution < -0.4 is 5.73 Å². The molecule has 4 N–H and O–H groups in total. The van der Waals surface area contributed by atoms with E-state index in [-0.39, 0.29) is 30.1 Å². The molecule has 0 radical (unpaired) electrons. The van der Waals surface area contributed by atoms with Crippen molar-refractivity contribution in [2.45, 2.75) is 24.5 Å². The smallest absolute Gasteiger partial charge is 0.253 e. The van der Waals surface area contributed by atoms with Gasteiger partial charge in [0.2, 0.25) is 5.91 Å². The van der Waals surface area contributed by atoms with E-state index in [0.717, 1.165) is 0 Å². The van der Waals surface area contributed by atoms with E-state index < -0.39 is 64.4 Å². The van der Waals surface area contributed by atoms with E-state index in [9.17, 15) is 39.0 Å². The number of phenols is 1. The van der Waals surface area contributed by atoms with Crippen LogP contribution in [-0.4, -0.2) is 94.8 Å². The van der Waals surface area contributed by atoms with Crippen LogP contribution in [0, 0.1) is 23.7 Å². The molecule has 2 saturated carbocycles. The molecule has 5 rings (SSSR count). The highest BCUT2D eigenvalue weighted by Crippen LogP contribution is 2.51. The minimum absolute atomic E-state index is 0.0435. The van der Waals surface area contributed by atoms with Gasteiger partial charge in [-0.2, -0.15) is 0 Å². The lowest BCUT2D eigenvalue weighted by Crippen LogP contribution is -2.74. The van der Waals surface area contributed by atoms with Gasteiger partial charge < -0.3 is 20.8 Å². The zero-order valence-corrected chi connectivity index (χ0v) is 23.1. The molecule has 6 atom stereocenters. The van der Waals surface area contributed by atoms with Crippen molar-refractivity contribution in [3.63, 3.8) is 0 Å². The maximum absolute atomic E-state index is 13.9. The van der Waals surface area contributed by atoms with Crippen molar-refractivity contribution in [3.8, 4) is 16.9 Å². The summed E-state index contributed by atoms with van der Waals surface area (Å²) < 4.78 is 0. The number of hydrogen-bond donors (Lipinski definition) is 3. The number of ketones is 4. The fourth-order valence-electron chi connectivity index (χ4n) is 6.95. The third-order valence-corrected chi connectivity index (χ3v) is 8.77. The molecule has 2 fully saturated rings. The summed E-state index contributed by atoms with van der Waals surface area (Å²) in [5.41, 5.74) is 4.57. The normalized spacial score (nSPS) is 29.1. The molecule has 2 amide bonds. The third-order valence-electron chi connectivity index (χ3n) is 8.77. The van der Waals surface area contributed by atoms with Gasteiger partial charge in [0.25, 0.3) is 5.91 Å². The van der Waals surface area contributed by atoms with E-state index in [0.29, 0.717) is 22.3 Å². The quantitative estimate of drug-likeness (QED) is 0.442. The van der Waals surface area contributed by atoms with Crippen molar-refractivity contribution < 1.29 is 39.0 Å². The Labute approximate surface area is 235 Å². The Bertz CT molecular complexity index is 1550. The predicted molar refractivity (Wildman–Crippen MR) is 145 cm³/mol. The molecule has 2 aromatic rings. The van der Waals surface area contributed by atoms with E-state index in [1.807, 2.05) is 0 Å². The first-order valence-corrected chi connectivity index (χ1v) is 13.2. The minimum atomic E-state index is -2.77. The molecule has 0 heterocycles. The molecular formula is C30H31N3O8. The molecule has 3 aliphatic carbocycles. The molecule has 6 unspecified atom stereocenters. The Kier molecular flexibility index (Phi) is 6.70. The molecule has 3 aliphatic rings. The molecule has 11 heteroatoms. The van der Waals surface area contributed by atoms with Crippen LogP contribution in [0.2, 0.25) is 0 Å². The third kappa shape index (κ3) is 4.02. The molecule has 0 bridgehead atoms. The molecule has 0 aliphatic heterocycles. The second kappa shape index (κ2) is 9.71. The lowest BCUT2D eigenvalue weighted by molar-refractivity contribution is -0.181. The summed E-state index contributed by atoms with van der Waals surface area (Å²) in [5, 5.41) is 22.5. The largest absolute Gasteiger partial charge is 0.507 e. The second-order valence-electron chi connectivity index (χ2n) is 11.6. The van der Waals surface area contributed by atoms with Crippen LogP contribution in [0.5, 0.6) is 5.75 Å². The molecule has 41 heavy (non-hydrogen) atoms. The zero-order chi connectivity index (χ0) is 30.1. The van der Waals surface area contributed by atoms with Crippen molar-refractivity contribution in [3.05, 3.63) is 53.1 Å². The number of aliphatic hydroxyl groups is 1. The van der Waals surface area contributed by atoms with Crippen LogP contribution >= 0.6 is 0 Å². The van der Waals surface area contributed by atoms with Gasteiger partial charge >= 0.3 is 0 Å². The molecule has 0 saturated heterocycles. The van der Waals surface area contributed by atoms with Gasteiger partial charge in [-0.05, 0) is 67.7 Å². The predicted octanol–water partition coefficient (Wildman–Crippen LogP) is 0.236. The highest BCUT2D eigenvalue weighted by atomic mass is 16.3. The van der Waals surface area contributed by atoms with Gasteiger partial charge in [-0.15, -0.1) is 0 Å². The van der Waals surface area contributed by atoms with Gasteiger partial charge in [0.05, 0.1) is 17.5 Å². The molecular weight excluding hydrogens is 530 g/mol. The number of amides is 2. The number of benzene rings is 2. The summed E-state index contributed by atoms with van der Waals surface area (Å²) in [4.78, 5) is 82.1. The number of fused-ring (bicyclic) bond motifs is 3. The Morgan fingerprint density at radius 1 is 1.00 bits per heavy atom. The van der Waals surface area contributed by atoms with Crippen molar-refractivity contribution in [2.24, 2.45) is 29.4 Å². The Balaban J connectivity index is 1.64. The van der Waals surface area contributed by atoms with Crippen molar-refractivity contribution in [1.82, 2.24) is 9.80 Å². The van der Waals surface area contributed by atoms with Crippen molar-refractivity contribution in [2.75, 3.05) is 28.2 Å². The number of aromatic hydroxyl groups is 1. The highest BCUT2D eigenvalue weighted by molar-refractivity contribution is 6.32. The van der Waals surface area contributed by atoms with E-state index >= 15 is 0 Å². The summed E-state index contributed by atoms with van der Waals surface area (Å²) in [5.74, 6) is -11.2. The number of primary amides is 1. The van der Waals surface area contributed by atoms with Crippen LogP contribution in [-0.2, 0) is 25.6 Å². The zero-order valence-electron chi connectivity index (χ0n) is 23.1. The van der Waals surface area contributed by atoms with Crippen LogP contribution in [0.15, 0.2) is 36.4 Å². The van der Waals surface area contributed by atoms with Crippen molar-refractivity contribution in [1.29, 1.82) is 0 Å². The number of nitrogens with two attached hydrogens (primary N) is 1. The number of likely N-dealkylation sites (N-methyl/N-ethyl adjacent to an activating group) is 1. The fraction of sp³-hybridized carbons (Fsp3) is 0.400.